The average Bonchev–Trinajstić information content (AvgIpc) is 3.10. The van der Waals surface area contributed by atoms with E-state index in [0.29, 0.717) is 0 Å². The fraction of sp³-hybridized carbons (Fsp3) is 0.773. The van der Waals surface area contributed by atoms with Crippen LogP contribution in [0.1, 0.15) is 61.3 Å². The molecule has 0 saturated carbocycles. The summed E-state index contributed by atoms with van der Waals surface area (Å²) in [6, 6.07) is 0. The molecule has 0 aromatic rings. The normalized spacial score (nSPS) is 28.4. The van der Waals surface area contributed by atoms with Crippen LogP contribution < -0.4 is 0 Å². The minimum atomic E-state index is -3.37. The molecule has 0 aliphatic carbocycles. The van der Waals surface area contributed by atoms with Gasteiger partial charge in [0, 0.05) is 34.6 Å². The van der Waals surface area contributed by atoms with Crippen molar-refractivity contribution >= 4 is 29.8 Å². The zero-order valence-corrected chi connectivity index (χ0v) is 21.8. The van der Waals surface area contributed by atoms with Crippen LogP contribution in [0.15, 0.2) is 0 Å². The van der Waals surface area contributed by atoms with E-state index in [1.54, 1.807) is 0 Å². The number of halogens is 4. The highest BCUT2D eigenvalue weighted by Gasteiger charge is 2.62. The number of ether oxygens (including phenoxy) is 6. The Labute approximate surface area is 215 Å². The third-order valence-electron chi connectivity index (χ3n) is 4.62. The second-order valence-electron chi connectivity index (χ2n) is 7.93. The maximum absolute atomic E-state index is 13.7. The fourth-order valence-corrected chi connectivity index (χ4v) is 3.15. The summed E-state index contributed by atoms with van der Waals surface area (Å²) >= 11 is 0. The number of rotatable bonds is 5. The summed E-state index contributed by atoms with van der Waals surface area (Å²) in [5.41, 5.74) is 0. The van der Waals surface area contributed by atoms with Crippen LogP contribution in [-0.4, -0.2) is 83.8 Å². The van der Waals surface area contributed by atoms with Crippen LogP contribution in [0.5, 0.6) is 0 Å². The second kappa shape index (κ2) is 14.9. The third kappa shape index (κ3) is 10.5. The molecule has 2 saturated heterocycles. The van der Waals surface area contributed by atoms with Gasteiger partial charge in [0.2, 0.25) is 18.7 Å². The Bertz CT molecular complexity index is 838. The summed E-state index contributed by atoms with van der Waals surface area (Å²) in [6.07, 6.45) is -9.88. The molecule has 2 rings (SSSR count). The number of esters is 5. The second-order valence-corrected chi connectivity index (χ2v) is 7.93. The number of alkyl halides is 4. The molecule has 0 bridgehead atoms. The monoisotopic (exact) mass is 564 g/mol. The van der Waals surface area contributed by atoms with Crippen LogP contribution in [0.4, 0.5) is 17.6 Å². The van der Waals surface area contributed by atoms with E-state index < -0.39 is 78.7 Å². The molecule has 0 amide bonds. The van der Waals surface area contributed by atoms with E-state index >= 15 is 0 Å². The van der Waals surface area contributed by atoms with E-state index in [0.717, 1.165) is 20.8 Å². The van der Waals surface area contributed by atoms with Gasteiger partial charge in [0.25, 0.3) is 0 Å². The number of carbonyl (C=O) groups excluding carboxylic acids is 5. The summed E-state index contributed by atoms with van der Waals surface area (Å²) in [6.45, 7) is 8.49. The van der Waals surface area contributed by atoms with Crippen LogP contribution in [0.2, 0.25) is 0 Å². The van der Waals surface area contributed by atoms with Crippen molar-refractivity contribution in [1.29, 1.82) is 0 Å². The first kappa shape index (κ1) is 35.2. The van der Waals surface area contributed by atoms with E-state index in [4.69, 9.17) is 14.6 Å². The van der Waals surface area contributed by atoms with Crippen LogP contribution in [0.3, 0.4) is 0 Å². The fourth-order valence-electron chi connectivity index (χ4n) is 3.15. The number of aliphatic hydroxyl groups excluding tert-OH is 1. The smallest absolute Gasteiger partial charge is 0.316 e. The Kier molecular flexibility index (Phi) is 13.8. The van der Waals surface area contributed by atoms with E-state index in [-0.39, 0.29) is 12.8 Å². The number of carbonyl (C=O) groups is 5. The SMILES string of the molecule is CC(=O)OC(C)=O.CC[C@H]1OC(OC(C)=O)[C@H](O)C1(F)F.CC[C@H]1OC(OC(C)=O)[C@H](OC(C)=O)C1(F)F. The van der Waals surface area contributed by atoms with Crippen molar-refractivity contribution in [2.45, 2.75) is 110 Å². The first-order chi connectivity index (χ1) is 17.3. The molecule has 2 unspecified atom stereocenters. The van der Waals surface area contributed by atoms with Gasteiger partial charge in [0.05, 0.1) is 0 Å². The van der Waals surface area contributed by atoms with Gasteiger partial charge >= 0.3 is 41.7 Å². The largest absolute Gasteiger partial charge is 0.449 e. The van der Waals surface area contributed by atoms with Crippen molar-refractivity contribution in [2.24, 2.45) is 0 Å². The molecule has 0 spiro atoms. The summed E-state index contributed by atoms with van der Waals surface area (Å²) in [7, 11) is 0. The molecule has 2 heterocycles. The van der Waals surface area contributed by atoms with Gasteiger partial charge < -0.3 is 33.5 Å². The molecule has 2 aliphatic rings. The predicted molar refractivity (Wildman–Crippen MR) is 115 cm³/mol. The minimum absolute atomic E-state index is 0.0164. The van der Waals surface area contributed by atoms with Gasteiger partial charge in [0.15, 0.2) is 6.10 Å². The molecule has 2 aliphatic heterocycles. The van der Waals surface area contributed by atoms with E-state index in [9.17, 15) is 41.5 Å². The summed E-state index contributed by atoms with van der Waals surface area (Å²) in [4.78, 5) is 51.6. The lowest BCUT2D eigenvalue weighted by Crippen LogP contribution is -2.43. The van der Waals surface area contributed by atoms with Crippen molar-refractivity contribution in [3.05, 3.63) is 0 Å². The predicted octanol–water partition coefficient (Wildman–Crippen LogP) is 2.03. The van der Waals surface area contributed by atoms with Crippen molar-refractivity contribution < 1.29 is 75.1 Å². The van der Waals surface area contributed by atoms with Crippen molar-refractivity contribution in [3.63, 3.8) is 0 Å². The molecule has 0 radical (unpaired) electrons. The molecule has 0 aromatic carbocycles. The first-order valence-electron chi connectivity index (χ1n) is 11.3. The van der Waals surface area contributed by atoms with Crippen molar-refractivity contribution in [2.75, 3.05) is 0 Å². The topological polar surface area (TPSA) is 161 Å². The standard InChI is InChI=1S/C10H14F2O5.C8H12F2O4.C4H6O3/c1-4-7-10(11,12)8(15-5(2)13)9(17-7)16-6(3)14;1-3-5-8(9,10)6(12)7(14-5)13-4(2)11;1-3(5)7-4(2)6/h7-9H,4H2,1-3H3;5-7,12H,3H2,1-2H3;1-2H3/t7-,8+,9?;5-,6+,7?;/m11./s1. The number of hydrogen-bond donors (Lipinski definition) is 1. The Morgan fingerprint density at radius 3 is 1.34 bits per heavy atom. The maximum atomic E-state index is 13.7. The average molecular weight is 564 g/mol. The van der Waals surface area contributed by atoms with Gasteiger partial charge in [-0.2, -0.15) is 8.78 Å². The van der Waals surface area contributed by atoms with Gasteiger partial charge in [-0.25, -0.2) is 8.78 Å². The summed E-state index contributed by atoms with van der Waals surface area (Å²) in [5, 5.41) is 9.11. The van der Waals surface area contributed by atoms with Crippen LogP contribution in [0.25, 0.3) is 0 Å². The summed E-state index contributed by atoms with van der Waals surface area (Å²) < 4.78 is 80.8. The highest BCUT2D eigenvalue weighted by Crippen LogP contribution is 2.40. The van der Waals surface area contributed by atoms with Gasteiger partial charge in [-0.15, -0.1) is 0 Å². The molecular weight excluding hydrogens is 532 g/mol. The van der Waals surface area contributed by atoms with E-state index in [1.165, 1.54) is 27.7 Å². The molecule has 38 heavy (non-hydrogen) atoms. The molecule has 0 aromatic heterocycles. The molecule has 12 nitrogen and oxygen atoms in total. The Hall–Kier alpha value is -2.85. The number of aliphatic hydroxyl groups is 1. The molecule has 6 atom stereocenters. The minimum Gasteiger partial charge on any atom is -0.449 e. The van der Waals surface area contributed by atoms with Gasteiger partial charge in [0.1, 0.15) is 12.2 Å². The van der Waals surface area contributed by atoms with Crippen molar-refractivity contribution in [3.8, 4) is 0 Å². The highest BCUT2D eigenvalue weighted by molar-refractivity contribution is 5.82. The van der Waals surface area contributed by atoms with Gasteiger partial charge in [-0.3, -0.25) is 24.0 Å². The van der Waals surface area contributed by atoms with Crippen LogP contribution in [0, 0.1) is 0 Å². The van der Waals surface area contributed by atoms with E-state index in [2.05, 4.69) is 18.9 Å². The Morgan fingerprint density at radius 1 is 0.658 bits per heavy atom. The lowest BCUT2D eigenvalue weighted by molar-refractivity contribution is -0.198. The third-order valence-corrected chi connectivity index (χ3v) is 4.62. The highest BCUT2D eigenvalue weighted by atomic mass is 19.3. The molecule has 16 heteroatoms. The van der Waals surface area contributed by atoms with E-state index in [1.807, 2.05) is 0 Å². The zero-order valence-electron chi connectivity index (χ0n) is 21.8. The molecule has 2 fully saturated rings. The van der Waals surface area contributed by atoms with Crippen LogP contribution in [-0.2, 0) is 52.4 Å². The van der Waals surface area contributed by atoms with Gasteiger partial charge in [-0.05, 0) is 12.8 Å². The molecular formula is C22H32F4O12. The van der Waals surface area contributed by atoms with Crippen molar-refractivity contribution in [1.82, 2.24) is 0 Å². The Morgan fingerprint density at radius 2 is 1.03 bits per heavy atom. The molecule has 1 N–H and O–H groups in total. The Balaban J connectivity index is 0.000000587. The van der Waals surface area contributed by atoms with Gasteiger partial charge in [-0.1, -0.05) is 13.8 Å². The molecule has 220 valence electrons. The summed E-state index contributed by atoms with van der Waals surface area (Å²) in [5.74, 6) is -10.3. The quantitative estimate of drug-likeness (QED) is 0.224. The lowest BCUT2D eigenvalue weighted by Gasteiger charge is -2.22. The van der Waals surface area contributed by atoms with Crippen LogP contribution >= 0.6 is 0 Å². The lowest BCUT2D eigenvalue weighted by atomic mass is 10.1. The zero-order chi connectivity index (χ0) is 30.0. The number of hydrogen-bond acceptors (Lipinski definition) is 12. The maximum Gasteiger partial charge on any atom is 0.316 e. The first-order valence-corrected chi connectivity index (χ1v) is 11.3.